The summed E-state index contributed by atoms with van der Waals surface area (Å²) < 4.78 is 9.60. The first-order valence-corrected chi connectivity index (χ1v) is 4.33. The van der Waals surface area contributed by atoms with E-state index in [4.69, 9.17) is 9.84 Å². The van der Waals surface area contributed by atoms with E-state index in [9.17, 15) is 4.79 Å². The number of carbonyl (C=O) groups is 1. The zero-order valence-electron chi connectivity index (χ0n) is 7.73. The molecular weight excluding hydrogens is 174 g/mol. The van der Waals surface area contributed by atoms with Gasteiger partial charge in [0, 0.05) is 20.2 Å². The van der Waals surface area contributed by atoms with Crippen molar-refractivity contribution in [2.24, 2.45) is 0 Å². The second-order valence-corrected chi connectivity index (χ2v) is 2.96. The van der Waals surface area contributed by atoms with Crippen molar-refractivity contribution < 1.29 is 19.4 Å². The number of amides is 1. The molecule has 13 heavy (non-hydrogen) atoms. The lowest BCUT2D eigenvalue weighted by Gasteiger charge is -2.30. The van der Waals surface area contributed by atoms with Crippen molar-refractivity contribution in [3.05, 3.63) is 0 Å². The quantitative estimate of drug-likeness (QED) is 0.630. The first kappa shape index (κ1) is 10.3. The fraction of sp³-hybridized carbons (Fsp3) is 0.875. The van der Waals surface area contributed by atoms with Crippen LogP contribution in [-0.4, -0.2) is 49.2 Å². The lowest BCUT2D eigenvalue weighted by atomic mass is 10.1. The molecule has 0 aliphatic carbocycles. The van der Waals surface area contributed by atoms with E-state index in [-0.39, 0.29) is 6.10 Å². The Morgan fingerprint density at radius 1 is 1.54 bits per heavy atom. The zero-order chi connectivity index (χ0) is 9.68. The number of likely N-dealkylation sites (tertiary alicyclic amines) is 1. The topological polar surface area (TPSA) is 59.0 Å². The van der Waals surface area contributed by atoms with Gasteiger partial charge in [-0.15, -0.1) is 0 Å². The summed E-state index contributed by atoms with van der Waals surface area (Å²) in [7, 11) is 1.67. The van der Waals surface area contributed by atoms with Crippen LogP contribution >= 0.6 is 0 Å². The summed E-state index contributed by atoms with van der Waals surface area (Å²) in [5.74, 6) is 0. The Labute approximate surface area is 77.2 Å². The third-order valence-corrected chi connectivity index (χ3v) is 2.22. The van der Waals surface area contributed by atoms with Crippen LogP contribution in [0.4, 0.5) is 4.79 Å². The molecule has 1 heterocycles. The molecular formula is C8H15NO4. The molecule has 1 saturated heterocycles. The van der Waals surface area contributed by atoms with Crippen LogP contribution < -0.4 is 0 Å². The van der Waals surface area contributed by atoms with Crippen molar-refractivity contribution in [3.63, 3.8) is 0 Å². The zero-order valence-corrected chi connectivity index (χ0v) is 7.73. The number of rotatable bonds is 2. The molecule has 0 bridgehead atoms. The molecule has 0 saturated carbocycles. The molecule has 1 aliphatic rings. The minimum absolute atomic E-state index is 0.248. The Balaban J connectivity index is 2.28. The second-order valence-electron chi connectivity index (χ2n) is 2.96. The predicted octanol–water partition coefficient (Wildman–Crippen LogP) is 0.184. The summed E-state index contributed by atoms with van der Waals surface area (Å²) in [5.41, 5.74) is 0. The Morgan fingerprint density at radius 3 is 2.62 bits per heavy atom. The lowest BCUT2D eigenvalue weighted by Crippen LogP contribution is -2.41. The Hall–Kier alpha value is -0.810. The molecule has 0 aromatic carbocycles. The van der Waals surface area contributed by atoms with Crippen LogP contribution in [-0.2, 0) is 9.47 Å². The highest BCUT2D eigenvalue weighted by Crippen LogP contribution is 2.13. The highest BCUT2D eigenvalue weighted by Gasteiger charge is 2.22. The maximum Gasteiger partial charge on any atom is 0.411 e. The largest absolute Gasteiger partial charge is 0.422 e. The van der Waals surface area contributed by atoms with Gasteiger partial charge in [-0.1, -0.05) is 0 Å². The smallest absolute Gasteiger partial charge is 0.411 e. The monoisotopic (exact) mass is 189 g/mol. The summed E-state index contributed by atoms with van der Waals surface area (Å²) in [6, 6.07) is 0. The number of piperidine rings is 1. The van der Waals surface area contributed by atoms with Crippen molar-refractivity contribution in [1.82, 2.24) is 4.90 Å². The third-order valence-electron chi connectivity index (χ3n) is 2.22. The van der Waals surface area contributed by atoms with E-state index in [1.54, 1.807) is 12.0 Å². The Bertz CT molecular complexity index is 166. The molecule has 0 radical (unpaired) electrons. The fourth-order valence-corrected chi connectivity index (χ4v) is 1.42. The van der Waals surface area contributed by atoms with Crippen LogP contribution in [0.5, 0.6) is 0 Å². The number of aliphatic hydroxyl groups is 1. The number of nitrogens with zero attached hydrogens (tertiary/aromatic N) is 1. The minimum Gasteiger partial charge on any atom is -0.422 e. The average Bonchev–Trinajstić information content (AvgIpc) is 2.18. The van der Waals surface area contributed by atoms with Gasteiger partial charge < -0.3 is 19.5 Å². The molecule has 1 fully saturated rings. The Kier molecular flexibility index (Phi) is 3.98. The Morgan fingerprint density at radius 2 is 2.15 bits per heavy atom. The maximum atomic E-state index is 11.1. The number of carbonyl (C=O) groups excluding carboxylic acids is 1. The summed E-state index contributed by atoms with van der Waals surface area (Å²) in [6.07, 6.45) is 1.46. The van der Waals surface area contributed by atoms with Crippen molar-refractivity contribution in [1.29, 1.82) is 0 Å². The highest BCUT2D eigenvalue weighted by atomic mass is 16.6. The molecule has 0 atom stereocenters. The summed E-state index contributed by atoms with van der Waals surface area (Å²) in [5, 5.41) is 8.37. The van der Waals surface area contributed by atoms with Crippen LogP contribution in [0.25, 0.3) is 0 Å². The molecule has 1 N–H and O–H groups in total. The van der Waals surface area contributed by atoms with Crippen LogP contribution in [0.3, 0.4) is 0 Å². The average molecular weight is 189 g/mol. The fourth-order valence-electron chi connectivity index (χ4n) is 1.42. The molecule has 0 aromatic rings. The van der Waals surface area contributed by atoms with E-state index in [0.717, 1.165) is 12.8 Å². The van der Waals surface area contributed by atoms with Crippen molar-refractivity contribution in [3.8, 4) is 0 Å². The number of ether oxygens (including phenoxy) is 2. The van der Waals surface area contributed by atoms with Gasteiger partial charge in [0.25, 0.3) is 0 Å². The van der Waals surface area contributed by atoms with Gasteiger partial charge >= 0.3 is 6.09 Å². The van der Waals surface area contributed by atoms with Gasteiger partial charge in [-0.25, -0.2) is 4.79 Å². The minimum atomic E-state index is -0.553. The molecule has 0 aromatic heterocycles. The second kappa shape index (κ2) is 5.04. The van der Waals surface area contributed by atoms with Gasteiger partial charge in [-0.2, -0.15) is 0 Å². The van der Waals surface area contributed by atoms with Gasteiger partial charge in [-0.3, -0.25) is 0 Å². The van der Waals surface area contributed by atoms with Crippen LogP contribution in [0, 0.1) is 0 Å². The highest BCUT2D eigenvalue weighted by molar-refractivity contribution is 5.67. The van der Waals surface area contributed by atoms with Crippen molar-refractivity contribution >= 4 is 6.09 Å². The SMILES string of the molecule is COC1CCN(C(=O)OCO)CC1. The summed E-state index contributed by atoms with van der Waals surface area (Å²) in [6.45, 7) is 0.720. The first-order valence-electron chi connectivity index (χ1n) is 4.33. The lowest BCUT2D eigenvalue weighted by molar-refractivity contribution is 0.00212. The van der Waals surface area contributed by atoms with Crippen LogP contribution in [0.15, 0.2) is 0 Å². The van der Waals surface area contributed by atoms with E-state index < -0.39 is 12.9 Å². The van der Waals surface area contributed by atoms with Gasteiger partial charge in [0.15, 0.2) is 6.79 Å². The molecule has 1 amide bonds. The normalized spacial score (nSPS) is 18.8. The van der Waals surface area contributed by atoms with Gasteiger partial charge in [-0.05, 0) is 12.8 Å². The van der Waals surface area contributed by atoms with Gasteiger partial charge in [0.05, 0.1) is 6.10 Å². The van der Waals surface area contributed by atoms with Crippen molar-refractivity contribution in [2.45, 2.75) is 18.9 Å². The first-order chi connectivity index (χ1) is 6.27. The van der Waals surface area contributed by atoms with Crippen LogP contribution in [0.2, 0.25) is 0 Å². The molecule has 5 heteroatoms. The number of hydrogen-bond acceptors (Lipinski definition) is 4. The summed E-state index contributed by atoms with van der Waals surface area (Å²) >= 11 is 0. The van der Waals surface area contributed by atoms with E-state index in [1.165, 1.54) is 0 Å². The van der Waals surface area contributed by atoms with E-state index in [1.807, 2.05) is 0 Å². The van der Waals surface area contributed by atoms with E-state index in [0.29, 0.717) is 13.1 Å². The number of hydrogen-bond donors (Lipinski definition) is 1. The van der Waals surface area contributed by atoms with Gasteiger partial charge in [0.2, 0.25) is 0 Å². The predicted molar refractivity (Wildman–Crippen MR) is 45.2 cm³/mol. The van der Waals surface area contributed by atoms with E-state index in [2.05, 4.69) is 4.74 Å². The molecule has 76 valence electrons. The number of methoxy groups -OCH3 is 1. The van der Waals surface area contributed by atoms with E-state index >= 15 is 0 Å². The maximum absolute atomic E-state index is 11.1. The third kappa shape index (κ3) is 2.86. The summed E-state index contributed by atoms with van der Waals surface area (Å²) in [4.78, 5) is 12.7. The standard InChI is InChI=1S/C8H15NO4/c1-12-7-2-4-9(5-3-7)8(11)13-6-10/h7,10H,2-6H2,1H3. The molecule has 0 unspecified atom stereocenters. The van der Waals surface area contributed by atoms with Crippen molar-refractivity contribution in [2.75, 3.05) is 27.0 Å². The molecule has 1 rings (SSSR count). The molecule has 5 nitrogen and oxygen atoms in total. The number of aliphatic hydroxyl groups excluding tert-OH is 1. The molecule has 0 spiro atoms. The molecule has 1 aliphatic heterocycles. The van der Waals surface area contributed by atoms with Gasteiger partial charge in [0.1, 0.15) is 0 Å². The van der Waals surface area contributed by atoms with Crippen LogP contribution in [0.1, 0.15) is 12.8 Å².